The number of hydrogen-bond donors (Lipinski definition) is 0. The molecule has 1 heterocycles. The predicted octanol–water partition coefficient (Wildman–Crippen LogP) is 4.55. The number of rotatable bonds is 5. The van der Waals surface area contributed by atoms with Gasteiger partial charge in [-0.3, -0.25) is 14.9 Å². The minimum absolute atomic E-state index is 0.0226. The van der Waals surface area contributed by atoms with Crippen molar-refractivity contribution in [1.82, 2.24) is 4.57 Å². The van der Waals surface area contributed by atoms with Gasteiger partial charge in [0.2, 0.25) is 0 Å². The second-order valence-electron chi connectivity index (χ2n) is 6.32. The number of allylic oxidation sites excluding steroid dienone is 1. The molecule has 0 aliphatic rings. The fourth-order valence-electron chi connectivity index (χ4n) is 2.75. The highest BCUT2D eigenvalue weighted by atomic mass is 32.1. The van der Waals surface area contributed by atoms with Gasteiger partial charge in [-0.1, -0.05) is 29.5 Å². The van der Waals surface area contributed by atoms with Crippen LogP contribution >= 0.6 is 11.3 Å². The first-order valence-electron chi connectivity index (χ1n) is 8.62. The molecule has 1 amide bonds. The van der Waals surface area contributed by atoms with E-state index in [9.17, 15) is 14.9 Å². The molecule has 0 radical (unpaired) electrons. The van der Waals surface area contributed by atoms with Crippen LogP contribution in [0, 0.1) is 24.0 Å². The number of carbonyl (C=O) groups is 1. The molecule has 6 nitrogen and oxygen atoms in total. The lowest BCUT2D eigenvalue weighted by atomic mass is 10.1. The van der Waals surface area contributed by atoms with Crippen molar-refractivity contribution in [2.24, 2.45) is 4.99 Å². The molecule has 7 heteroatoms. The number of aryl methyl sites for hydroxylation is 2. The Morgan fingerprint density at radius 2 is 2.04 bits per heavy atom. The highest BCUT2D eigenvalue weighted by Gasteiger charge is 2.08. The molecule has 2 aromatic carbocycles. The minimum atomic E-state index is -0.469. The van der Waals surface area contributed by atoms with Crippen LogP contribution in [-0.4, -0.2) is 15.4 Å². The molecule has 0 saturated heterocycles. The van der Waals surface area contributed by atoms with Gasteiger partial charge in [-0.05, 0) is 48.7 Å². The van der Waals surface area contributed by atoms with E-state index in [4.69, 9.17) is 0 Å². The Morgan fingerprint density at radius 1 is 1.29 bits per heavy atom. The zero-order chi connectivity index (χ0) is 20.3. The van der Waals surface area contributed by atoms with E-state index in [1.54, 1.807) is 18.2 Å². The second kappa shape index (κ2) is 8.14. The van der Waals surface area contributed by atoms with Crippen LogP contribution in [0.25, 0.3) is 16.3 Å². The highest BCUT2D eigenvalue weighted by Crippen LogP contribution is 2.22. The summed E-state index contributed by atoms with van der Waals surface area (Å²) >= 11 is 1.45. The van der Waals surface area contributed by atoms with Gasteiger partial charge in [0.25, 0.3) is 11.6 Å². The average Bonchev–Trinajstić information content (AvgIpc) is 2.97. The molecule has 3 aromatic rings. The molecule has 0 bridgehead atoms. The van der Waals surface area contributed by atoms with Gasteiger partial charge >= 0.3 is 0 Å². The van der Waals surface area contributed by atoms with Crippen molar-refractivity contribution in [3.05, 3.63) is 86.7 Å². The summed E-state index contributed by atoms with van der Waals surface area (Å²) in [5.74, 6) is -0.427. The van der Waals surface area contributed by atoms with Crippen LogP contribution in [0.4, 0.5) is 5.69 Å². The van der Waals surface area contributed by atoms with Gasteiger partial charge in [-0.25, -0.2) is 0 Å². The molecule has 0 atom stereocenters. The molecule has 0 N–H and O–H groups in total. The minimum Gasteiger partial charge on any atom is -0.312 e. The quantitative estimate of drug-likeness (QED) is 0.276. The van der Waals surface area contributed by atoms with Crippen LogP contribution in [0.5, 0.6) is 0 Å². The van der Waals surface area contributed by atoms with E-state index >= 15 is 0 Å². The summed E-state index contributed by atoms with van der Waals surface area (Å²) in [7, 11) is 0. The summed E-state index contributed by atoms with van der Waals surface area (Å²) in [6.45, 7) is 8.44. The number of hydrogen-bond acceptors (Lipinski definition) is 4. The Bertz CT molecular complexity index is 1190. The van der Waals surface area contributed by atoms with Crippen molar-refractivity contribution in [3.8, 4) is 0 Å². The number of nitro groups is 1. The van der Waals surface area contributed by atoms with E-state index in [2.05, 4.69) is 37.6 Å². The van der Waals surface area contributed by atoms with Gasteiger partial charge in [-0.15, -0.1) is 6.58 Å². The maximum Gasteiger partial charge on any atom is 0.272 e. The molecular formula is C21H19N3O3S. The number of fused-ring (bicyclic) bond motifs is 1. The van der Waals surface area contributed by atoms with Crippen molar-refractivity contribution in [1.29, 1.82) is 0 Å². The number of carbonyl (C=O) groups excluding carboxylic acids is 1. The maximum atomic E-state index is 12.4. The van der Waals surface area contributed by atoms with Gasteiger partial charge in [-0.2, -0.15) is 4.99 Å². The van der Waals surface area contributed by atoms with Gasteiger partial charge in [0, 0.05) is 24.8 Å². The summed E-state index contributed by atoms with van der Waals surface area (Å²) in [6, 6.07) is 10.3. The number of benzene rings is 2. The lowest BCUT2D eigenvalue weighted by Crippen LogP contribution is -2.15. The standard InChI is InChI=1S/C21H19N3O3S/c1-4-10-23-18-11-14(2)15(3)12-19(18)28-21(23)22-20(25)9-8-16-6-5-7-17(13-16)24(26)27/h4-9,11-13H,1,10H2,2-3H3/b9-8+,22-21?. The first-order chi connectivity index (χ1) is 13.4. The first-order valence-corrected chi connectivity index (χ1v) is 9.43. The van der Waals surface area contributed by atoms with E-state index in [0.717, 1.165) is 10.2 Å². The summed E-state index contributed by atoms with van der Waals surface area (Å²) in [5.41, 5.74) is 3.92. The van der Waals surface area contributed by atoms with Crippen molar-refractivity contribution < 1.29 is 9.72 Å². The van der Waals surface area contributed by atoms with E-state index < -0.39 is 10.8 Å². The number of nitro benzene ring substituents is 1. The molecule has 0 spiro atoms. The number of thiazole rings is 1. The lowest BCUT2D eigenvalue weighted by molar-refractivity contribution is -0.384. The highest BCUT2D eigenvalue weighted by molar-refractivity contribution is 7.16. The van der Waals surface area contributed by atoms with Crippen LogP contribution in [0.1, 0.15) is 16.7 Å². The second-order valence-corrected chi connectivity index (χ2v) is 7.33. The van der Waals surface area contributed by atoms with Crippen LogP contribution in [0.3, 0.4) is 0 Å². The normalized spacial score (nSPS) is 12.0. The average molecular weight is 393 g/mol. The maximum absolute atomic E-state index is 12.4. The van der Waals surface area contributed by atoms with Gasteiger partial charge < -0.3 is 4.57 Å². The molecule has 0 fully saturated rings. The Hall–Kier alpha value is -3.32. The number of non-ortho nitro benzene ring substituents is 1. The number of aromatic nitrogens is 1. The Kier molecular flexibility index (Phi) is 5.65. The summed E-state index contributed by atoms with van der Waals surface area (Å²) in [5, 5.41) is 10.9. The summed E-state index contributed by atoms with van der Waals surface area (Å²) in [4.78, 5) is 27.5. The molecule has 0 saturated carbocycles. The van der Waals surface area contributed by atoms with Gasteiger partial charge in [0.1, 0.15) is 0 Å². The molecule has 0 aliphatic heterocycles. The Balaban J connectivity index is 1.98. The van der Waals surface area contributed by atoms with Crippen molar-refractivity contribution in [2.75, 3.05) is 0 Å². The van der Waals surface area contributed by atoms with Crippen LogP contribution in [0.15, 0.2) is 60.1 Å². The van der Waals surface area contributed by atoms with Gasteiger partial charge in [0.05, 0.1) is 15.1 Å². The zero-order valence-electron chi connectivity index (χ0n) is 15.6. The smallest absolute Gasteiger partial charge is 0.272 e. The topological polar surface area (TPSA) is 77.5 Å². The van der Waals surface area contributed by atoms with Crippen LogP contribution in [0.2, 0.25) is 0 Å². The van der Waals surface area contributed by atoms with Crippen LogP contribution in [-0.2, 0) is 11.3 Å². The molecular weight excluding hydrogens is 374 g/mol. The van der Waals surface area contributed by atoms with E-state index in [-0.39, 0.29) is 5.69 Å². The first kappa shape index (κ1) is 19.4. The fraction of sp³-hybridized carbons (Fsp3) is 0.143. The molecule has 1 aromatic heterocycles. The number of amides is 1. The third-order valence-corrected chi connectivity index (χ3v) is 5.36. The molecule has 142 valence electrons. The number of nitrogens with zero attached hydrogens (tertiary/aromatic N) is 3. The Labute approximate surface area is 165 Å². The predicted molar refractivity (Wildman–Crippen MR) is 112 cm³/mol. The Morgan fingerprint density at radius 3 is 2.75 bits per heavy atom. The third kappa shape index (κ3) is 4.15. The SMILES string of the molecule is C=CCn1c(=NC(=O)/C=C/c2cccc([N+](=O)[O-])c2)sc2cc(C)c(C)cc21. The molecule has 0 unspecified atom stereocenters. The van der Waals surface area contributed by atoms with E-state index in [1.165, 1.54) is 46.7 Å². The van der Waals surface area contributed by atoms with E-state index in [0.29, 0.717) is 16.9 Å². The fourth-order valence-corrected chi connectivity index (χ4v) is 3.88. The monoisotopic (exact) mass is 393 g/mol. The summed E-state index contributed by atoms with van der Waals surface area (Å²) in [6.07, 6.45) is 4.61. The molecule has 0 aliphatic carbocycles. The lowest BCUT2D eigenvalue weighted by Gasteiger charge is -2.03. The van der Waals surface area contributed by atoms with Gasteiger partial charge in [0.15, 0.2) is 4.80 Å². The van der Waals surface area contributed by atoms with Crippen molar-refractivity contribution in [2.45, 2.75) is 20.4 Å². The largest absolute Gasteiger partial charge is 0.312 e. The third-order valence-electron chi connectivity index (χ3n) is 4.32. The molecule has 28 heavy (non-hydrogen) atoms. The van der Waals surface area contributed by atoms with Crippen LogP contribution < -0.4 is 4.80 Å². The van der Waals surface area contributed by atoms with E-state index in [1.807, 2.05) is 4.57 Å². The zero-order valence-corrected chi connectivity index (χ0v) is 16.4. The molecule has 3 rings (SSSR count). The van der Waals surface area contributed by atoms with Crippen molar-refractivity contribution in [3.63, 3.8) is 0 Å². The summed E-state index contributed by atoms with van der Waals surface area (Å²) < 4.78 is 3.01. The van der Waals surface area contributed by atoms with Crippen molar-refractivity contribution >= 4 is 39.2 Å².